The van der Waals surface area contributed by atoms with Gasteiger partial charge in [0.2, 0.25) is 17.8 Å². The zero-order chi connectivity index (χ0) is 14.7. The lowest BCUT2D eigenvalue weighted by molar-refractivity contribution is 0.317. The number of nitrogens with one attached hydrogen (secondary N) is 1. The lowest BCUT2D eigenvalue weighted by Crippen LogP contribution is -2.34. The first-order chi connectivity index (χ1) is 10.3. The number of nitrogens with zero attached hydrogens (tertiary/aromatic N) is 5. The van der Waals surface area contributed by atoms with Crippen LogP contribution in [0.3, 0.4) is 0 Å². The van der Waals surface area contributed by atoms with Gasteiger partial charge < -0.3 is 15.1 Å². The molecule has 1 saturated heterocycles. The molecule has 1 aromatic rings. The average molecular weight is 290 g/mol. The third-order valence-electron chi connectivity index (χ3n) is 4.59. The maximum Gasteiger partial charge on any atom is 0.231 e. The van der Waals surface area contributed by atoms with E-state index >= 15 is 0 Å². The molecular weight excluding hydrogens is 264 g/mol. The summed E-state index contributed by atoms with van der Waals surface area (Å²) >= 11 is 0. The van der Waals surface area contributed by atoms with E-state index in [1.807, 2.05) is 7.05 Å². The Morgan fingerprint density at radius 2 is 1.90 bits per heavy atom. The summed E-state index contributed by atoms with van der Waals surface area (Å²) in [5, 5.41) is 3.08. The quantitative estimate of drug-likeness (QED) is 0.866. The van der Waals surface area contributed by atoms with Crippen molar-refractivity contribution in [1.82, 2.24) is 15.0 Å². The second-order valence-corrected chi connectivity index (χ2v) is 6.04. The molecule has 0 aromatic carbocycles. The molecule has 116 valence electrons. The standard InChI is InChI=1S/C15H26N6/c1-3-20(11-12-7-6-8-12)14-17-13(16-2)18-15(19-14)21-9-4-5-10-21/h12H,3-11H2,1-2H3,(H,16,17,18,19). The Kier molecular flexibility index (Phi) is 4.41. The molecule has 6 heteroatoms. The van der Waals surface area contributed by atoms with Crippen molar-refractivity contribution in [2.75, 3.05) is 48.3 Å². The Morgan fingerprint density at radius 3 is 2.48 bits per heavy atom. The largest absolute Gasteiger partial charge is 0.357 e. The third-order valence-corrected chi connectivity index (χ3v) is 4.59. The van der Waals surface area contributed by atoms with Gasteiger partial charge in [-0.2, -0.15) is 15.0 Å². The molecule has 1 saturated carbocycles. The molecule has 1 aliphatic heterocycles. The molecule has 0 amide bonds. The van der Waals surface area contributed by atoms with Crippen LogP contribution in [0.15, 0.2) is 0 Å². The van der Waals surface area contributed by atoms with E-state index in [1.54, 1.807) is 0 Å². The van der Waals surface area contributed by atoms with Gasteiger partial charge in [0, 0.05) is 33.2 Å². The minimum Gasteiger partial charge on any atom is -0.357 e. The van der Waals surface area contributed by atoms with E-state index in [-0.39, 0.29) is 0 Å². The summed E-state index contributed by atoms with van der Waals surface area (Å²) in [5.74, 6) is 3.14. The molecule has 1 aromatic heterocycles. The normalized spacial score (nSPS) is 18.7. The first-order valence-electron chi connectivity index (χ1n) is 8.24. The van der Waals surface area contributed by atoms with E-state index in [0.717, 1.165) is 44.0 Å². The highest BCUT2D eigenvalue weighted by molar-refractivity contribution is 5.45. The summed E-state index contributed by atoms with van der Waals surface area (Å²) < 4.78 is 0. The zero-order valence-corrected chi connectivity index (χ0v) is 13.2. The van der Waals surface area contributed by atoms with Crippen LogP contribution in [0.5, 0.6) is 0 Å². The maximum absolute atomic E-state index is 4.74. The van der Waals surface area contributed by atoms with Crippen LogP contribution in [0.4, 0.5) is 17.8 Å². The van der Waals surface area contributed by atoms with Gasteiger partial charge in [-0.05, 0) is 38.5 Å². The zero-order valence-electron chi connectivity index (χ0n) is 13.2. The van der Waals surface area contributed by atoms with Crippen molar-refractivity contribution >= 4 is 17.8 Å². The molecule has 2 heterocycles. The molecule has 0 radical (unpaired) electrons. The highest BCUT2D eigenvalue weighted by atomic mass is 15.4. The van der Waals surface area contributed by atoms with Gasteiger partial charge in [0.25, 0.3) is 0 Å². The fourth-order valence-electron chi connectivity index (χ4n) is 3.00. The predicted octanol–water partition coefficient (Wildman–Crippen LogP) is 2.14. The van der Waals surface area contributed by atoms with Crippen LogP contribution < -0.4 is 15.1 Å². The minimum atomic E-state index is 0.675. The Balaban J connectivity index is 1.82. The van der Waals surface area contributed by atoms with Gasteiger partial charge >= 0.3 is 0 Å². The molecule has 2 aliphatic rings. The Morgan fingerprint density at radius 1 is 1.14 bits per heavy atom. The summed E-state index contributed by atoms with van der Waals surface area (Å²) in [6, 6.07) is 0. The summed E-state index contributed by atoms with van der Waals surface area (Å²) in [7, 11) is 1.87. The van der Waals surface area contributed by atoms with Crippen molar-refractivity contribution in [3.05, 3.63) is 0 Å². The van der Waals surface area contributed by atoms with Crippen molar-refractivity contribution in [1.29, 1.82) is 0 Å². The second kappa shape index (κ2) is 6.45. The Hall–Kier alpha value is -1.59. The van der Waals surface area contributed by atoms with Crippen molar-refractivity contribution in [3.63, 3.8) is 0 Å². The smallest absolute Gasteiger partial charge is 0.231 e. The van der Waals surface area contributed by atoms with Crippen LogP contribution in [0.2, 0.25) is 0 Å². The molecule has 1 aliphatic carbocycles. The molecule has 0 unspecified atom stereocenters. The summed E-state index contributed by atoms with van der Waals surface area (Å²) in [6.07, 6.45) is 6.53. The van der Waals surface area contributed by atoms with Crippen molar-refractivity contribution in [2.24, 2.45) is 5.92 Å². The fourth-order valence-corrected chi connectivity index (χ4v) is 3.00. The highest BCUT2D eigenvalue weighted by Crippen LogP contribution is 2.28. The second-order valence-electron chi connectivity index (χ2n) is 6.04. The van der Waals surface area contributed by atoms with E-state index in [0.29, 0.717) is 5.95 Å². The third kappa shape index (κ3) is 3.19. The number of anilines is 3. The van der Waals surface area contributed by atoms with E-state index in [1.165, 1.54) is 32.1 Å². The summed E-state index contributed by atoms with van der Waals surface area (Å²) in [4.78, 5) is 18.4. The van der Waals surface area contributed by atoms with Gasteiger partial charge in [0.1, 0.15) is 0 Å². The molecular formula is C15H26N6. The maximum atomic E-state index is 4.74. The Labute approximate surface area is 127 Å². The van der Waals surface area contributed by atoms with Crippen molar-refractivity contribution in [2.45, 2.75) is 39.0 Å². The van der Waals surface area contributed by atoms with E-state index < -0.39 is 0 Å². The number of rotatable bonds is 6. The molecule has 21 heavy (non-hydrogen) atoms. The van der Waals surface area contributed by atoms with E-state index in [2.05, 4.69) is 32.0 Å². The molecule has 3 rings (SSSR count). The summed E-state index contributed by atoms with van der Waals surface area (Å²) in [5.41, 5.74) is 0. The van der Waals surface area contributed by atoms with Crippen LogP contribution in [0.25, 0.3) is 0 Å². The molecule has 0 bridgehead atoms. The number of aromatic nitrogens is 3. The minimum absolute atomic E-state index is 0.675. The van der Waals surface area contributed by atoms with Gasteiger partial charge in [0.05, 0.1) is 0 Å². The van der Waals surface area contributed by atoms with Gasteiger partial charge in [-0.1, -0.05) is 6.42 Å². The monoisotopic (exact) mass is 290 g/mol. The first-order valence-corrected chi connectivity index (χ1v) is 8.24. The lowest BCUT2D eigenvalue weighted by atomic mass is 9.85. The van der Waals surface area contributed by atoms with Crippen LogP contribution in [-0.4, -0.2) is 48.2 Å². The highest BCUT2D eigenvalue weighted by Gasteiger charge is 2.23. The summed E-state index contributed by atoms with van der Waals surface area (Å²) in [6.45, 7) is 6.31. The molecule has 0 atom stereocenters. The molecule has 2 fully saturated rings. The van der Waals surface area contributed by atoms with Crippen LogP contribution in [0, 0.1) is 5.92 Å². The topological polar surface area (TPSA) is 57.2 Å². The first kappa shape index (κ1) is 14.4. The number of hydrogen-bond acceptors (Lipinski definition) is 6. The predicted molar refractivity (Wildman–Crippen MR) is 86.0 cm³/mol. The van der Waals surface area contributed by atoms with Crippen LogP contribution >= 0.6 is 0 Å². The van der Waals surface area contributed by atoms with Gasteiger partial charge in [-0.25, -0.2) is 0 Å². The SMILES string of the molecule is CCN(CC1CCC1)c1nc(NC)nc(N2CCCC2)n1. The fraction of sp³-hybridized carbons (Fsp3) is 0.800. The van der Waals surface area contributed by atoms with Gasteiger partial charge in [-0.3, -0.25) is 0 Å². The van der Waals surface area contributed by atoms with Crippen molar-refractivity contribution in [3.8, 4) is 0 Å². The van der Waals surface area contributed by atoms with Gasteiger partial charge in [0.15, 0.2) is 0 Å². The van der Waals surface area contributed by atoms with Crippen LogP contribution in [0.1, 0.15) is 39.0 Å². The lowest BCUT2D eigenvalue weighted by Gasteiger charge is -2.32. The molecule has 0 spiro atoms. The van der Waals surface area contributed by atoms with Crippen LogP contribution in [-0.2, 0) is 0 Å². The Bertz CT molecular complexity index is 467. The van der Waals surface area contributed by atoms with E-state index in [9.17, 15) is 0 Å². The average Bonchev–Trinajstić information content (AvgIpc) is 3.00. The van der Waals surface area contributed by atoms with E-state index in [4.69, 9.17) is 4.98 Å². The van der Waals surface area contributed by atoms with Gasteiger partial charge in [-0.15, -0.1) is 0 Å². The molecule has 1 N–H and O–H groups in total. The number of hydrogen-bond donors (Lipinski definition) is 1. The molecule has 6 nitrogen and oxygen atoms in total. The van der Waals surface area contributed by atoms with Crippen molar-refractivity contribution < 1.29 is 0 Å².